The van der Waals surface area contributed by atoms with E-state index in [0.29, 0.717) is 17.9 Å². The highest BCUT2D eigenvalue weighted by molar-refractivity contribution is 6.51. The van der Waals surface area contributed by atoms with E-state index < -0.39 is 17.7 Å². The van der Waals surface area contributed by atoms with Gasteiger partial charge >= 0.3 is 0 Å². The van der Waals surface area contributed by atoms with E-state index in [0.717, 1.165) is 28.1 Å². The molecule has 6 nitrogen and oxygen atoms in total. The van der Waals surface area contributed by atoms with Crippen molar-refractivity contribution in [2.75, 3.05) is 30.5 Å². The average Bonchev–Trinajstić information content (AvgIpc) is 3.17. The Hall–Kier alpha value is -4.06. The molecule has 41 heavy (non-hydrogen) atoms. The van der Waals surface area contributed by atoms with Crippen molar-refractivity contribution in [1.29, 1.82) is 0 Å². The van der Waals surface area contributed by atoms with Gasteiger partial charge in [0, 0.05) is 36.6 Å². The standard InChI is InChI=1S/C35H42N2O4/c1-10-41-28-20-13-23(21-27(28)35(5,6)7)31(38)29-30(22-11-16-25(17-12-22)36(8)9)37(33(40)32(29)39)26-18-14-24(15-19-26)34(2,3)4/h11-21,30,38H,10H2,1-9H3/b31-29-. The van der Waals surface area contributed by atoms with Crippen LogP contribution < -0.4 is 14.5 Å². The van der Waals surface area contributed by atoms with Crippen molar-refractivity contribution >= 4 is 28.8 Å². The molecule has 4 rings (SSSR count). The van der Waals surface area contributed by atoms with Gasteiger partial charge in [0.05, 0.1) is 18.2 Å². The summed E-state index contributed by atoms with van der Waals surface area (Å²) in [5.41, 5.74) is 4.54. The number of benzene rings is 3. The Morgan fingerprint density at radius 3 is 2.00 bits per heavy atom. The van der Waals surface area contributed by atoms with Crippen molar-refractivity contribution in [3.8, 4) is 5.75 Å². The maximum Gasteiger partial charge on any atom is 0.300 e. The van der Waals surface area contributed by atoms with Gasteiger partial charge in [-0.25, -0.2) is 0 Å². The summed E-state index contributed by atoms with van der Waals surface area (Å²) in [7, 11) is 3.91. The first-order valence-corrected chi connectivity index (χ1v) is 14.1. The molecule has 1 unspecified atom stereocenters. The van der Waals surface area contributed by atoms with Crippen molar-refractivity contribution < 1.29 is 19.4 Å². The predicted molar refractivity (Wildman–Crippen MR) is 167 cm³/mol. The first kappa shape index (κ1) is 29.9. The van der Waals surface area contributed by atoms with Gasteiger partial charge in [0.2, 0.25) is 0 Å². The molecule has 1 amide bonds. The third-order valence-electron chi connectivity index (χ3n) is 7.54. The number of rotatable bonds is 6. The van der Waals surface area contributed by atoms with Crippen molar-refractivity contribution in [3.05, 3.63) is 94.6 Å². The van der Waals surface area contributed by atoms with Crippen molar-refractivity contribution in [1.82, 2.24) is 0 Å². The van der Waals surface area contributed by atoms with Gasteiger partial charge in [-0.2, -0.15) is 0 Å². The second-order valence-electron chi connectivity index (χ2n) is 12.8. The van der Waals surface area contributed by atoms with Crippen LogP contribution in [0, 0.1) is 0 Å². The number of ether oxygens (including phenoxy) is 1. The third-order valence-corrected chi connectivity index (χ3v) is 7.54. The summed E-state index contributed by atoms with van der Waals surface area (Å²) in [5, 5.41) is 11.7. The molecule has 3 aromatic rings. The summed E-state index contributed by atoms with van der Waals surface area (Å²) in [5.74, 6) is -0.854. The number of hydrogen-bond donors (Lipinski definition) is 1. The van der Waals surface area contributed by atoms with Crippen LogP contribution in [-0.2, 0) is 20.4 Å². The second kappa shape index (κ2) is 11.1. The van der Waals surface area contributed by atoms with Crippen LogP contribution in [0.4, 0.5) is 11.4 Å². The smallest absolute Gasteiger partial charge is 0.300 e. The van der Waals surface area contributed by atoms with Crippen LogP contribution in [0.2, 0.25) is 0 Å². The topological polar surface area (TPSA) is 70.1 Å². The average molecular weight is 555 g/mol. The van der Waals surface area contributed by atoms with Gasteiger partial charge < -0.3 is 14.7 Å². The Morgan fingerprint density at radius 1 is 0.878 bits per heavy atom. The predicted octanol–water partition coefficient (Wildman–Crippen LogP) is 7.37. The van der Waals surface area contributed by atoms with Crippen LogP contribution in [0.3, 0.4) is 0 Å². The molecular formula is C35H42N2O4. The van der Waals surface area contributed by atoms with Crippen molar-refractivity contribution in [2.45, 2.75) is 65.3 Å². The van der Waals surface area contributed by atoms with Gasteiger partial charge in [-0.05, 0) is 71.3 Å². The minimum atomic E-state index is -0.795. The molecule has 1 aliphatic rings. The molecule has 1 atom stereocenters. The lowest BCUT2D eigenvalue weighted by molar-refractivity contribution is -0.132. The van der Waals surface area contributed by atoms with Crippen LogP contribution in [-0.4, -0.2) is 37.5 Å². The van der Waals surface area contributed by atoms with Crippen LogP contribution in [0.1, 0.15) is 76.8 Å². The number of aliphatic hydroxyl groups excluding tert-OH is 1. The molecule has 0 bridgehead atoms. The summed E-state index contributed by atoms with van der Waals surface area (Å²) in [4.78, 5) is 30.8. The summed E-state index contributed by atoms with van der Waals surface area (Å²) < 4.78 is 5.86. The lowest BCUT2D eigenvalue weighted by Gasteiger charge is -2.27. The summed E-state index contributed by atoms with van der Waals surface area (Å²) >= 11 is 0. The molecule has 0 spiro atoms. The molecule has 3 aromatic carbocycles. The number of amides is 1. The fraction of sp³-hybridized carbons (Fsp3) is 0.371. The van der Waals surface area contributed by atoms with E-state index in [1.54, 1.807) is 6.07 Å². The fourth-order valence-electron chi connectivity index (χ4n) is 5.19. The lowest BCUT2D eigenvalue weighted by Crippen LogP contribution is -2.29. The van der Waals surface area contributed by atoms with Crippen molar-refractivity contribution in [2.24, 2.45) is 0 Å². The number of Topliss-reactive ketones (excluding diaryl/α,β-unsaturated/α-hetero) is 1. The number of hydrogen-bond acceptors (Lipinski definition) is 5. The molecule has 216 valence electrons. The second-order valence-corrected chi connectivity index (χ2v) is 12.8. The van der Waals surface area contributed by atoms with Gasteiger partial charge in [-0.3, -0.25) is 14.5 Å². The zero-order valence-electron chi connectivity index (χ0n) is 25.7. The Labute approximate surface area is 244 Å². The zero-order chi connectivity index (χ0) is 30.3. The molecule has 1 fully saturated rings. The number of carbonyl (C=O) groups excluding carboxylic acids is 2. The van der Waals surface area contributed by atoms with Gasteiger partial charge in [0.25, 0.3) is 11.7 Å². The summed E-state index contributed by atoms with van der Waals surface area (Å²) in [6.45, 7) is 15.0. The van der Waals surface area contributed by atoms with Crippen LogP contribution in [0.5, 0.6) is 5.75 Å². The van der Waals surface area contributed by atoms with Crippen LogP contribution >= 0.6 is 0 Å². The molecule has 1 aliphatic heterocycles. The highest BCUT2D eigenvalue weighted by atomic mass is 16.5. The zero-order valence-corrected chi connectivity index (χ0v) is 25.7. The Bertz CT molecular complexity index is 1470. The van der Waals surface area contributed by atoms with Gasteiger partial charge in [0.15, 0.2) is 0 Å². The summed E-state index contributed by atoms with van der Waals surface area (Å²) in [6, 6.07) is 20.1. The van der Waals surface area contributed by atoms with E-state index in [-0.39, 0.29) is 22.2 Å². The Balaban J connectivity index is 1.93. The molecule has 1 N–H and O–H groups in total. The number of ketones is 1. The molecule has 0 radical (unpaired) electrons. The molecular weight excluding hydrogens is 512 g/mol. The Kier molecular flexibility index (Phi) is 8.08. The number of anilines is 2. The number of aliphatic hydroxyl groups is 1. The van der Waals surface area contributed by atoms with E-state index in [2.05, 4.69) is 41.5 Å². The minimum absolute atomic E-state index is 0.0630. The SMILES string of the molecule is CCOc1ccc(/C(O)=C2/C(=O)C(=O)N(c3ccc(C(C)(C)C)cc3)C2c2ccc(N(C)C)cc2)cc1C(C)(C)C. The van der Waals surface area contributed by atoms with Gasteiger partial charge in [-0.15, -0.1) is 0 Å². The summed E-state index contributed by atoms with van der Waals surface area (Å²) in [6.07, 6.45) is 0. The maximum atomic E-state index is 13.7. The lowest BCUT2D eigenvalue weighted by atomic mass is 9.84. The minimum Gasteiger partial charge on any atom is -0.507 e. The molecule has 0 aliphatic carbocycles. The molecule has 6 heteroatoms. The van der Waals surface area contributed by atoms with Crippen LogP contribution in [0.25, 0.3) is 5.76 Å². The van der Waals surface area contributed by atoms with E-state index in [1.807, 2.05) is 86.6 Å². The third kappa shape index (κ3) is 5.88. The first-order valence-electron chi connectivity index (χ1n) is 14.1. The quantitative estimate of drug-likeness (QED) is 0.196. The largest absolute Gasteiger partial charge is 0.507 e. The van der Waals surface area contributed by atoms with Crippen LogP contribution in [0.15, 0.2) is 72.3 Å². The highest BCUT2D eigenvalue weighted by Gasteiger charge is 2.47. The first-order chi connectivity index (χ1) is 19.1. The molecule has 1 heterocycles. The maximum absolute atomic E-state index is 13.7. The molecule has 0 aromatic heterocycles. The highest BCUT2D eigenvalue weighted by Crippen LogP contribution is 2.44. The molecule has 0 saturated carbocycles. The van der Waals surface area contributed by atoms with Gasteiger partial charge in [0.1, 0.15) is 11.5 Å². The monoisotopic (exact) mass is 554 g/mol. The fourth-order valence-corrected chi connectivity index (χ4v) is 5.19. The van der Waals surface area contributed by atoms with E-state index in [9.17, 15) is 14.7 Å². The van der Waals surface area contributed by atoms with E-state index in [4.69, 9.17) is 4.74 Å². The van der Waals surface area contributed by atoms with Crippen molar-refractivity contribution in [3.63, 3.8) is 0 Å². The number of nitrogens with zero attached hydrogens (tertiary/aromatic N) is 2. The van der Waals surface area contributed by atoms with Gasteiger partial charge in [-0.1, -0.05) is 65.8 Å². The number of carbonyl (C=O) groups is 2. The molecule has 1 saturated heterocycles. The van der Waals surface area contributed by atoms with E-state index >= 15 is 0 Å². The normalized spacial score (nSPS) is 17.2. The Morgan fingerprint density at radius 2 is 1.49 bits per heavy atom. The van der Waals surface area contributed by atoms with E-state index in [1.165, 1.54) is 4.90 Å².